The van der Waals surface area contributed by atoms with Gasteiger partial charge in [0.25, 0.3) is 0 Å². The first-order valence-corrected chi connectivity index (χ1v) is 16.5. The van der Waals surface area contributed by atoms with Gasteiger partial charge in [0.15, 0.2) is 0 Å². The molecule has 0 aliphatic carbocycles. The number of nitrogens with one attached hydrogen (secondary N) is 6. The lowest BCUT2D eigenvalue weighted by atomic mass is 10.0. The summed E-state index contributed by atoms with van der Waals surface area (Å²) in [5, 5.41) is 42.2. The first kappa shape index (κ1) is 45.4. The van der Waals surface area contributed by atoms with Crippen LogP contribution in [0.4, 0.5) is 0 Å². The molecular weight excluding hydrogens is 702 g/mol. The zero-order valence-electron chi connectivity index (χ0n) is 29.3. The predicted molar refractivity (Wildman–Crippen MR) is 184 cm³/mol. The number of carbonyl (C=O) groups excluding carboxylic acids is 8. The number of hydrogen-bond acceptors (Lipinski definition) is 12. The van der Waals surface area contributed by atoms with Gasteiger partial charge in [-0.1, -0.05) is 44.2 Å². The van der Waals surface area contributed by atoms with Gasteiger partial charge >= 0.3 is 5.97 Å². The summed E-state index contributed by atoms with van der Waals surface area (Å²) < 4.78 is 0. The van der Waals surface area contributed by atoms with Crippen molar-refractivity contribution in [1.82, 2.24) is 31.9 Å². The number of carboxylic acids is 1. The second kappa shape index (κ2) is 23.0. The third-order valence-electron chi connectivity index (χ3n) is 7.38. The summed E-state index contributed by atoms with van der Waals surface area (Å²) >= 11 is 0. The number of aliphatic carboxylic acids is 1. The molecule has 1 aromatic carbocycles. The van der Waals surface area contributed by atoms with E-state index in [1.54, 1.807) is 44.2 Å². The number of primary amides is 2. The lowest BCUT2D eigenvalue weighted by Gasteiger charge is -2.26. The molecule has 15 N–H and O–H groups in total. The van der Waals surface area contributed by atoms with Crippen molar-refractivity contribution in [2.75, 3.05) is 19.8 Å². The van der Waals surface area contributed by atoms with Crippen LogP contribution >= 0.6 is 0 Å². The predicted octanol–water partition coefficient (Wildman–Crippen LogP) is -5.65. The second-order valence-corrected chi connectivity index (χ2v) is 12.4. The third-order valence-corrected chi connectivity index (χ3v) is 7.38. The Labute approximate surface area is 304 Å². The van der Waals surface area contributed by atoms with Crippen LogP contribution in [-0.4, -0.2) is 125 Å². The van der Waals surface area contributed by atoms with Crippen molar-refractivity contribution in [2.45, 2.75) is 82.2 Å². The third kappa shape index (κ3) is 17.4. The summed E-state index contributed by atoms with van der Waals surface area (Å²) in [6.45, 7) is 0.636. The number of nitrogens with two attached hydrogens (primary N) is 3. The number of benzene rings is 1. The fraction of sp³-hybridized carbons (Fsp3) is 0.531. The molecule has 8 amide bonds. The van der Waals surface area contributed by atoms with Crippen LogP contribution in [0.1, 0.15) is 45.1 Å². The molecular formula is C32H49N9O12. The second-order valence-electron chi connectivity index (χ2n) is 12.4. The Morgan fingerprint density at radius 2 is 1.11 bits per heavy atom. The number of carbonyl (C=O) groups is 9. The lowest BCUT2D eigenvalue weighted by molar-refractivity contribution is -0.139. The van der Waals surface area contributed by atoms with Gasteiger partial charge in [-0.25, -0.2) is 0 Å². The molecule has 1 rings (SSSR count). The fourth-order valence-electron chi connectivity index (χ4n) is 4.64. The summed E-state index contributed by atoms with van der Waals surface area (Å²) in [7, 11) is 0. The quantitative estimate of drug-likeness (QED) is 0.0469. The van der Waals surface area contributed by atoms with Crippen molar-refractivity contribution in [1.29, 1.82) is 0 Å². The highest BCUT2D eigenvalue weighted by molar-refractivity contribution is 5.98. The molecule has 0 aliphatic heterocycles. The van der Waals surface area contributed by atoms with Gasteiger partial charge in [0, 0.05) is 12.8 Å². The Hall–Kier alpha value is -5.67. The molecule has 21 heteroatoms. The summed E-state index contributed by atoms with van der Waals surface area (Å²) in [5.41, 5.74) is 16.7. The standard InChI is InChI=1S/C32H49N9O12/c1-16(2)10-19(37-27(48)18(33)8-9-24(34)44)29(50)40-23(15-43)32(53)41-22(14-42)31(52)39-21(12-25(35)45)30(51)38-20(28(49)36-13-26(46)47)11-17-6-4-3-5-7-17/h3-7,16,18-23,42-43H,8-15,33H2,1-2H3,(H2,34,44)(H2,35,45)(H,36,49)(H,37,48)(H,38,51)(H,39,52)(H,40,50)(H,41,53)(H,46,47)/t18-,19-,20-,21-,22-,23-/m0/s1. The van der Waals surface area contributed by atoms with Crippen molar-refractivity contribution in [2.24, 2.45) is 23.1 Å². The zero-order chi connectivity index (χ0) is 40.2. The maximum absolute atomic E-state index is 13.3. The van der Waals surface area contributed by atoms with Gasteiger partial charge in [-0.3, -0.25) is 43.2 Å². The van der Waals surface area contributed by atoms with Crippen molar-refractivity contribution in [3.63, 3.8) is 0 Å². The molecule has 294 valence electrons. The van der Waals surface area contributed by atoms with Crippen molar-refractivity contribution >= 4 is 53.2 Å². The van der Waals surface area contributed by atoms with Gasteiger partial charge in [-0.05, 0) is 24.3 Å². The van der Waals surface area contributed by atoms with Crippen molar-refractivity contribution < 1.29 is 58.5 Å². The van der Waals surface area contributed by atoms with E-state index in [0.29, 0.717) is 5.56 Å². The molecule has 0 bridgehead atoms. The van der Waals surface area contributed by atoms with E-state index in [4.69, 9.17) is 22.3 Å². The maximum Gasteiger partial charge on any atom is 0.322 e. The van der Waals surface area contributed by atoms with Crippen LogP contribution in [0.2, 0.25) is 0 Å². The monoisotopic (exact) mass is 751 g/mol. The molecule has 0 aliphatic rings. The van der Waals surface area contributed by atoms with E-state index in [2.05, 4.69) is 31.9 Å². The lowest BCUT2D eigenvalue weighted by Crippen LogP contribution is -2.61. The van der Waals surface area contributed by atoms with Gasteiger partial charge in [-0.15, -0.1) is 0 Å². The Balaban J connectivity index is 3.08. The van der Waals surface area contributed by atoms with E-state index in [0.717, 1.165) is 0 Å². The molecule has 0 spiro atoms. The van der Waals surface area contributed by atoms with Gasteiger partial charge in [-0.2, -0.15) is 0 Å². The average molecular weight is 752 g/mol. The highest BCUT2D eigenvalue weighted by atomic mass is 16.4. The molecule has 6 atom stereocenters. The topological polar surface area (TPSA) is 365 Å². The number of carboxylic acid groups (broad SMARTS) is 1. The van der Waals surface area contributed by atoms with Gasteiger partial charge < -0.3 is 64.4 Å². The van der Waals surface area contributed by atoms with E-state index >= 15 is 0 Å². The van der Waals surface area contributed by atoms with Crippen LogP contribution in [0.15, 0.2) is 30.3 Å². The minimum atomic E-state index is -1.81. The summed E-state index contributed by atoms with van der Waals surface area (Å²) in [5.74, 6) is -9.34. The molecule has 0 saturated heterocycles. The first-order chi connectivity index (χ1) is 24.9. The average Bonchev–Trinajstić information content (AvgIpc) is 3.09. The van der Waals surface area contributed by atoms with E-state index in [1.165, 1.54) is 0 Å². The van der Waals surface area contributed by atoms with Crippen molar-refractivity contribution in [3.8, 4) is 0 Å². The molecule has 0 aromatic heterocycles. The SMILES string of the molecule is CC(C)C[C@H](NC(=O)[C@@H](N)CCC(N)=O)C(=O)N[C@@H](CO)C(=O)N[C@@H](CO)C(=O)N[C@@H](CC(N)=O)C(=O)N[C@@H](Cc1ccccc1)C(=O)NCC(=O)O. The van der Waals surface area contributed by atoms with E-state index in [-0.39, 0.29) is 31.6 Å². The van der Waals surface area contributed by atoms with Crippen LogP contribution in [0.25, 0.3) is 0 Å². The highest BCUT2D eigenvalue weighted by Gasteiger charge is 2.33. The largest absolute Gasteiger partial charge is 0.480 e. The molecule has 0 heterocycles. The Kier molecular flexibility index (Phi) is 19.7. The molecule has 0 fully saturated rings. The van der Waals surface area contributed by atoms with Crippen LogP contribution in [0.3, 0.4) is 0 Å². The fourth-order valence-corrected chi connectivity index (χ4v) is 4.64. The molecule has 1 aromatic rings. The summed E-state index contributed by atoms with van der Waals surface area (Å²) in [6.07, 6.45) is -1.14. The van der Waals surface area contributed by atoms with Crippen LogP contribution in [0, 0.1) is 5.92 Å². The number of aliphatic hydroxyl groups excluding tert-OH is 2. The minimum Gasteiger partial charge on any atom is -0.480 e. The molecule has 0 unspecified atom stereocenters. The van der Waals surface area contributed by atoms with Gasteiger partial charge in [0.2, 0.25) is 47.3 Å². The summed E-state index contributed by atoms with van der Waals surface area (Å²) in [4.78, 5) is 112. The van der Waals surface area contributed by atoms with Gasteiger partial charge in [0.1, 0.15) is 36.8 Å². The summed E-state index contributed by atoms with van der Waals surface area (Å²) in [6, 6.07) is -0.812. The Morgan fingerprint density at radius 1 is 0.642 bits per heavy atom. The van der Waals surface area contributed by atoms with Crippen LogP contribution in [-0.2, 0) is 49.6 Å². The number of amides is 8. The van der Waals surface area contributed by atoms with Crippen molar-refractivity contribution in [3.05, 3.63) is 35.9 Å². The number of aliphatic hydroxyl groups is 2. The van der Waals surface area contributed by atoms with Crippen LogP contribution < -0.4 is 49.1 Å². The van der Waals surface area contributed by atoms with Gasteiger partial charge in [0.05, 0.1) is 25.7 Å². The maximum atomic E-state index is 13.3. The smallest absolute Gasteiger partial charge is 0.322 e. The molecule has 21 nitrogen and oxygen atoms in total. The first-order valence-electron chi connectivity index (χ1n) is 16.5. The van der Waals surface area contributed by atoms with Crippen LogP contribution in [0.5, 0.6) is 0 Å². The highest BCUT2D eigenvalue weighted by Crippen LogP contribution is 2.08. The minimum absolute atomic E-state index is 0.0677. The van der Waals surface area contributed by atoms with E-state index in [1.807, 2.05) is 0 Å². The Morgan fingerprint density at radius 3 is 1.58 bits per heavy atom. The number of hydrogen-bond donors (Lipinski definition) is 12. The van der Waals surface area contributed by atoms with E-state index < -0.39 is 116 Å². The number of rotatable bonds is 24. The Bertz CT molecular complexity index is 1460. The zero-order valence-corrected chi connectivity index (χ0v) is 29.3. The molecule has 53 heavy (non-hydrogen) atoms. The molecule has 0 saturated carbocycles. The molecule has 0 radical (unpaired) electrons. The van der Waals surface area contributed by atoms with E-state index in [9.17, 15) is 53.4 Å². The normalized spacial score (nSPS) is 14.2.